The number of nitrogens with one attached hydrogen (secondary N) is 1. The highest BCUT2D eigenvalue weighted by Crippen LogP contribution is 2.21. The fourth-order valence-electron chi connectivity index (χ4n) is 1.93. The van der Waals surface area contributed by atoms with Gasteiger partial charge in [-0.25, -0.2) is 4.98 Å². The third kappa shape index (κ3) is 2.09. The maximum atomic E-state index is 6.20. The Labute approximate surface area is 103 Å². The molecule has 0 spiro atoms. The molecule has 0 aliphatic carbocycles. The van der Waals surface area contributed by atoms with Crippen LogP contribution in [0.15, 0.2) is 41.9 Å². The first-order chi connectivity index (χ1) is 8.33. The van der Waals surface area contributed by atoms with Gasteiger partial charge in [-0.05, 0) is 29.6 Å². The Kier molecular flexibility index (Phi) is 2.66. The van der Waals surface area contributed by atoms with Gasteiger partial charge in [-0.3, -0.25) is 0 Å². The van der Waals surface area contributed by atoms with Crippen LogP contribution in [0.3, 0.4) is 0 Å². The van der Waals surface area contributed by atoms with Gasteiger partial charge in [0.2, 0.25) is 0 Å². The summed E-state index contributed by atoms with van der Waals surface area (Å²) < 4.78 is 0. The summed E-state index contributed by atoms with van der Waals surface area (Å²) in [4.78, 5) is 8.86. The lowest BCUT2D eigenvalue weighted by atomic mass is 10.1. The van der Waals surface area contributed by atoms with E-state index in [1.165, 1.54) is 4.88 Å². The van der Waals surface area contributed by atoms with E-state index in [-0.39, 0.29) is 6.04 Å². The lowest BCUT2D eigenvalue weighted by Gasteiger charge is -2.07. The number of H-pyrrole nitrogens is 1. The maximum absolute atomic E-state index is 6.20. The number of aromatic amines is 1. The van der Waals surface area contributed by atoms with Crippen molar-refractivity contribution in [2.75, 3.05) is 0 Å². The Morgan fingerprint density at radius 1 is 1.35 bits per heavy atom. The normalized spacial score (nSPS) is 13.0. The molecule has 0 aromatic carbocycles. The summed E-state index contributed by atoms with van der Waals surface area (Å²) in [5, 5.41) is 3.19. The summed E-state index contributed by atoms with van der Waals surface area (Å²) in [7, 11) is 0. The Morgan fingerprint density at radius 2 is 2.29 bits per heavy atom. The van der Waals surface area contributed by atoms with Gasteiger partial charge in [-0.1, -0.05) is 6.07 Å². The molecule has 3 rings (SSSR count). The van der Waals surface area contributed by atoms with E-state index in [0.29, 0.717) is 0 Å². The van der Waals surface area contributed by atoms with Gasteiger partial charge >= 0.3 is 0 Å². The molecule has 0 saturated carbocycles. The molecule has 3 N–H and O–H groups in total. The van der Waals surface area contributed by atoms with Gasteiger partial charge < -0.3 is 10.7 Å². The second-order valence-corrected chi connectivity index (χ2v) is 5.09. The molecule has 0 amide bonds. The van der Waals surface area contributed by atoms with Gasteiger partial charge in [0.25, 0.3) is 0 Å². The molecule has 1 atom stereocenters. The van der Waals surface area contributed by atoms with Crippen LogP contribution >= 0.6 is 11.3 Å². The smallest absolute Gasteiger partial charge is 0.137 e. The Balaban J connectivity index is 1.88. The number of pyridine rings is 1. The molecule has 1 unspecified atom stereocenters. The molecule has 0 aliphatic heterocycles. The van der Waals surface area contributed by atoms with E-state index >= 15 is 0 Å². The van der Waals surface area contributed by atoms with Gasteiger partial charge in [-0.15, -0.1) is 11.3 Å². The van der Waals surface area contributed by atoms with Gasteiger partial charge in [0, 0.05) is 34.6 Å². The third-order valence-corrected chi connectivity index (χ3v) is 3.71. The number of hydrogen-bond donors (Lipinski definition) is 2. The van der Waals surface area contributed by atoms with Crippen LogP contribution in [0, 0.1) is 0 Å². The predicted molar refractivity (Wildman–Crippen MR) is 71.0 cm³/mol. The van der Waals surface area contributed by atoms with E-state index in [1.54, 1.807) is 17.5 Å². The summed E-state index contributed by atoms with van der Waals surface area (Å²) >= 11 is 1.74. The SMILES string of the molecule is NC(Cc1cccs1)c1cc2cccnc2[nH]1. The Bertz CT molecular complexity index is 579. The fraction of sp³-hybridized carbons (Fsp3) is 0.154. The van der Waals surface area contributed by atoms with Crippen molar-refractivity contribution < 1.29 is 0 Å². The number of aromatic nitrogens is 2. The van der Waals surface area contributed by atoms with Gasteiger partial charge in [0.1, 0.15) is 5.65 Å². The summed E-state index contributed by atoms with van der Waals surface area (Å²) in [6.07, 6.45) is 2.65. The molecule has 3 heterocycles. The molecule has 0 fully saturated rings. The monoisotopic (exact) mass is 243 g/mol. The topological polar surface area (TPSA) is 54.7 Å². The summed E-state index contributed by atoms with van der Waals surface area (Å²) in [5.41, 5.74) is 8.15. The zero-order valence-electron chi connectivity index (χ0n) is 9.26. The van der Waals surface area contributed by atoms with Gasteiger partial charge in [0.05, 0.1) is 0 Å². The lowest BCUT2D eigenvalue weighted by molar-refractivity contribution is 0.710. The minimum Gasteiger partial charge on any atom is -0.342 e. The van der Waals surface area contributed by atoms with Crippen LogP contribution in [-0.2, 0) is 6.42 Å². The van der Waals surface area contributed by atoms with Crippen molar-refractivity contribution in [3.63, 3.8) is 0 Å². The summed E-state index contributed by atoms with van der Waals surface area (Å²) in [5.74, 6) is 0. The molecule has 0 saturated heterocycles. The van der Waals surface area contributed by atoms with E-state index in [9.17, 15) is 0 Å². The molecule has 3 aromatic rings. The summed E-state index contributed by atoms with van der Waals surface area (Å²) in [6.45, 7) is 0. The molecule has 3 nitrogen and oxygen atoms in total. The largest absolute Gasteiger partial charge is 0.342 e. The minimum absolute atomic E-state index is 0.00264. The first-order valence-electron chi connectivity index (χ1n) is 5.54. The van der Waals surface area contributed by atoms with Crippen molar-refractivity contribution in [1.82, 2.24) is 9.97 Å². The van der Waals surface area contributed by atoms with E-state index in [4.69, 9.17) is 5.73 Å². The number of nitrogens with zero attached hydrogens (tertiary/aromatic N) is 1. The zero-order chi connectivity index (χ0) is 11.7. The van der Waals surface area contributed by atoms with Crippen molar-refractivity contribution in [3.05, 3.63) is 52.5 Å². The first kappa shape index (κ1) is 10.5. The maximum Gasteiger partial charge on any atom is 0.137 e. The molecule has 4 heteroatoms. The third-order valence-electron chi connectivity index (χ3n) is 2.81. The highest BCUT2D eigenvalue weighted by molar-refractivity contribution is 7.09. The standard InChI is InChI=1S/C13H13N3S/c14-11(8-10-4-2-6-17-10)12-7-9-3-1-5-15-13(9)16-12/h1-7,11H,8,14H2,(H,15,16). The molecule has 0 aliphatic rings. The molecule has 17 heavy (non-hydrogen) atoms. The highest BCUT2D eigenvalue weighted by Gasteiger charge is 2.10. The van der Waals surface area contributed by atoms with Crippen molar-refractivity contribution in [2.45, 2.75) is 12.5 Å². The number of nitrogens with two attached hydrogens (primary N) is 1. The molecule has 0 radical (unpaired) electrons. The number of rotatable bonds is 3. The Morgan fingerprint density at radius 3 is 3.06 bits per heavy atom. The van der Waals surface area contributed by atoms with E-state index in [1.807, 2.05) is 12.1 Å². The van der Waals surface area contributed by atoms with E-state index < -0.39 is 0 Å². The minimum atomic E-state index is 0.00264. The summed E-state index contributed by atoms with van der Waals surface area (Å²) in [6, 6.07) is 10.2. The van der Waals surface area contributed by atoms with Crippen molar-refractivity contribution >= 4 is 22.4 Å². The van der Waals surface area contributed by atoms with Crippen LogP contribution in [0.1, 0.15) is 16.6 Å². The number of hydrogen-bond acceptors (Lipinski definition) is 3. The van der Waals surface area contributed by atoms with E-state index in [0.717, 1.165) is 23.1 Å². The van der Waals surface area contributed by atoms with Crippen LogP contribution in [0.5, 0.6) is 0 Å². The average molecular weight is 243 g/mol. The molecule has 86 valence electrons. The van der Waals surface area contributed by atoms with Crippen LogP contribution in [0.4, 0.5) is 0 Å². The van der Waals surface area contributed by atoms with Crippen LogP contribution in [-0.4, -0.2) is 9.97 Å². The highest BCUT2D eigenvalue weighted by atomic mass is 32.1. The second-order valence-electron chi connectivity index (χ2n) is 4.06. The van der Waals surface area contributed by atoms with E-state index in [2.05, 4.69) is 33.5 Å². The van der Waals surface area contributed by atoms with Crippen molar-refractivity contribution in [2.24, 2.45) is 5.73 Å². The number of fused-ring (bicyclic) bond motifs is 1. The Hall–Kier alpha value is -1.65. The quantitative estimate of drug-likeness (QED) is 0.743. The molecule has 3 aromatic heterocycles. The average Bonchev–Trinajstić information content (AvgIpc) is 2.96. The van der Waals surface area contributed by atoms with Gasteiger partial charge in [-0.2, -0.15) is 0 Å². The lowest BCUT2D eigenvalue weighted by Crippen LogP contribution is -2.12. The first-order valence-corrected chi connectivity index (χ1v) is 6.42. The van der Waals surface area contributed by atoms with Crippen LogP contribution in [0.25, 0.3) is 11.0 Å². The van der Waals surface area contributed by atoms with Crippen LogP contribution in [0.2, 0.25) is 0 Å². The zero-order valence-corrected chi connectivity index (χ0v) is 10.1. The molecule has 0 bridgehead atoms. The molecular weight excluding hydrogens is 230 g/mol. The molecular formula is C13H13N3S. The number of thiophene rings is 1. The van der Waals surface area contributed by atoms with Crippen LogP contribution < -0.4 is 5.73 Å². The predicted octanol–water partition coefficient (Wildman–Crippen LogP) is 2.87. The fourth-order valence-corrected chi connectivity index (χ4v) is 2.70. The second kappa shape index (κ2) is 4.31. The van der Waals surface area contributed by atoms with Gasteiger partial charge in [0.15, 0.2) is 0 Å². The van der Waals surface area contributed by atoms with Crippen molar-refractivity contribution in [1.29, 1.82) is 0 Å². The van der Waals surface area contributed by atoms with Crippen molar-refractivity contribution in [3.8, 4) is 0 Å².